The number of fused-ring (bicyclic) bond motifs is 2. The Morgan fingerprint density at radius 2 is 1.92 bits per heavy atom. The first-order valence-electron chi connectivity index (χ1n) is 12.8. The highest BCUT2D eigenvalue weighted by Gasteiger charge is 2.45. The van der Waals surface area contributed by atoms with Crippen LogP contribution in [-0.2, 0) is 17.3 Å². The van der Waals surface area contributed by atoms with Crippen LogP contribution < -0.4 is 5.73 Å². The van der Waals surface area contributed by atoms with E-state index in [1.807, 2.05) is 13.8 Å². The number of alkyl halides is 3. The number of hydrogen-bond donors (Lipinski definition) is 4. The number of rotatable bonds is 9. The van der Waals surface area contributed by atoms with Crippen LogP contribution in [-0.4, -0.2) is 82.0 Å². The van der Waals surface area contributed by atoms with Gasteiger partial charge < -0.3 is 25.7 Å². The fourth-order valence-corrected chi connectivity index (χ4v) is 5.00. The summed E-state index contributed by atoms with van der Waals surface area (Å²) in [5.41, 5.74) is 6.19. The number of nitrogens with two attached hydrogens (primary N) is 1. The molecular formula is C25H31F3N8O3. The van der Waals surface area contributed by atoms with Crippen LogP contribution >= 0.6 is 0 Å². The van der Waals surface area contributed by atoms with Crippen molar-refractivity contribution in [3.05, 3.63) is 42.2 Å². The molecule has 0 unspecified atom stereocenters. The van der Waals surface area contributed by atoms with Gasteiger partial charge in [0.05, 0.1) is 17.4 Å². The number of halogens is 3. The molecule has 4 heterocycles. The van der Waals surface area contributed by atoms with Gasteiger partial charge in [0.25, 0.3) is 0 Å². The molecule has 1 aliphatic heterocycles. The van der Waals surface area contributed by atoms with E-state index in [9.17, 15) is 23.4 Å². The van der Waals surface area contributed by atoms with E-state index < -0.39 is 36.3 Å². The number of para-hydroxylation sites is 1. The van der Waals surface area contributed by atoms with Crippen LogP contribution in [0.1, 0.15) is 44.3 Å². The summed E-state index contributed by atoms with van der Waals surface area (Å²) in [6, 6.07) is 4.11. The summed E-state index contributed by atoms with van der Waals surface area (Å²) in [6.45, 7) is 5.08. The standard InChI is InChI=1S/C25H31F3N8O3/c1-13(2)35(9-4-3-8-17-33-15-7-5-6-14(18(15)34-17)25(26,27)28)10-16-20(37)21(38)24(39-16)36-12-32-19-22(29)30-11-31-23(19)36/h5-7,11-13,16,20-21,24,37-38H,3-4,8-10H2,1-2H3,(H,33,34)(H2,29,30,31)/t16-,20-,21-,24-/m1/s1. The molecule has 5 rings (SSSR count). The molecule has 0 aliphatic carbocycles. The number of unbranched alkanes of at least 4 members (excludes halogenated alkanes) is 1. The number of aromatic nitrogens is 6. The number of aryl methyl sites for hydroxylation is 1. The van der Waals surface area contributed by atoms with Crippen LogP contribution in [0, 0.1) is 0 Å². The summed E-state index contributed by atoms with van der Waals surface area (Å²) < 4.78 is 47.5. The number of ether oxygens (including phenoxy) is 1. The molecule has 210 valence electrons. The SMILES string of the molecule is CC(C)N(CCCCc1nc2c(C(F)(F)F)cccc2[nH]1)C[C@H]1O[C@@H](n2cnc3c(N)ncnc32)[C@H](O)[C@@H]1O. The Bertz CT molecular complexity index is 1440. The van der Waals surface area contributed by atoms with E-state index in [1.54, 1.807) is 10.6 Å². The maximum absolute atomic E-state index is 13.3. The monoisotopic (exact) mass is 548 g/mol. The Hall–Kier alpha value is -3.33. The van der Waals surface area contributed by atoms with Crippen LogP contribution in [0.15, 0.2) is 30.9 Å². The summed E-state index contributed by atoms with van der Waals surface area (Å²) >= 11 is 0. The van der Waals surface area contributed by atoms with Crippen molar-refractivity contribution in [1.82, 2.24) is 34.4 Å². The van der Waals surface area contributed by atoms with Gasteiger partial charge >= 0.3 is 6.18 Å². The average Bonchev–Trinajstić information content (AvgIpc) is 3.57. The number of anilines is 1. The highest BCUT2D eigenvalue weighted by Crippen LogP contribution is 2.34. The van der Waals surface area contributed by atoms with Crippen LogP contribution in [0.5, 0.6) is 0 Å². The Balaban J connectivity index is 1.19. The molecule has 1 saturated heterocycles. The molecule has 4 atom stereocenters. The van der Waals surface area contributed by atoms with Crippen molar-refractivity contribution in [3.63, 3.8) is 0 Å². The van der Waals surface area contributed by atoms with Crippen LogP contribution in [0.25, 0.3) is 22.2 Å². The lowest BCUT2D eigenvalue weighted by molar-refractivity contribution is -0.136. The van der Waals surface area contributed by atoms with Crippen molar-refractivity contribution in [1.29, 1.82) is 0 Å². The lowest BCUT2D eigenvalue weighted by atomic mass is 10.1. The first-order chi connectivity index (χ1) is 18.5. The maximum Gasteiger partial charge on any atom is 0.418 e. The predicted molar refractivity (Wildman–Crippen MR) is 136 cm³/mol. The second kappa shape index (κ2) is 10.7. The minimum Gasteiger partial charge on any atom is -0.387 e. The zero-order chi connectivity index (χ0) is 27.9. The molecule has 0 amide bonds. The summed E-state index contributed by atoms with van der Waals surface area (Å²) in [5, 5.41) is 21.5. The van der Waals surface area contributed by atoms with E-state index in [0.717, 1.165) is 12.5 Å². The van der Waals surface area contributed by atoms with Crippen molar-refractivity contribution in [2.45, 2.75) is 69.9 Å². The smallest absolute Gasteiger partial charge is 0.387 e. The molecule has 5 N–H and O–H groups in total. The summed E-state index contributed by atoms with van der Waals surface area (Å²) in [4.78, 5) is 21.6. The van der Waals surface area contributed by atoms with Crippen LogP contribution in [0.4, 0.5) is 19.0 Å². The average molecular weight is 549 g/mol. The summed E-state index contributed by atoms with van der Waals surface area (Å²) in [7, 11) is 0. The molecule has 11 nitrogen and oxygen atoms in total. The van der Waals surface area contributed by atoms with E-state index in [2.05, 4.69) is 29.8 Å². The molecule has 14 heteroatoms. The van der Waals surface area contributed by atoms with Gasteiger partial charge in [-0.25, -0.2) is 19.9 Å². The highest BCUT2D eigenvalue weighted by molar-refractivity contribution is 5.81. The highest BCUT2D eigenvalue weighted by atomic mass is 19.4. The number of imidazole rings is 2. The molecule has 1 fully saturated rings. The molecule has 0 bridgehead atoms. The number of aliphatic hydroxyl groups is 2. The molecule has 0 radical (unpaired) electrons. The topological polar surface area (TPSA) is 151 Å². The van der Waals surface area contributed by atoms with Gasteiger partial charge in [0.1, 0.15) is 41.5 Å². The van der Waals surface area contributed by atoms with E-state index in [4.69, 9.17) is 10.5 Å². The first-order valence-corrected chi connectivity index (χ1v) is 12.8. The third kappa shape index (κ3) is 5.41. The lowest BCUT2D eigenvalue weighted by Crippen LogP contribution is -2.43. The van der Waals surface area contributed by atoms with E-state index in [0.29, 0.717) is 48.4 Å². The molecule has 3 aromatic heterocycles. The lowest BCUT2D eigenvalue weighted by Gasteiger charge is -2.30. The largest absolute Gasteiger partial charge is 0.418 e. The van der Waals surface area contributed by atoms with Crippen molar-refractivity contribution in [3.8, 4) is 0 Å². The number of aromatic amines is 1. The quantitative estimate of drug-likeness (QED) is 0.231. The number of nitrogens with one attached hydrogen (secondary N) is 1. The fourth-order valence-electron chi connectivity index (χ4n) is 5.00. The van der Waals surface area contributed by atoms with Gasteiger partial charge in [-0.05, 0) is 45.4 Å². The number of hydrogen-bond acceptors (Lipinski definition) is 9. The van der Waals surface area contributed by atoms with Gasteiger partial charge in [-0.3, -0.25) is 9.47 Å². The van der Waals surface area contributed by atoms with E-state index in [-0.39, 0.29) is 17.4 Å². The Morgan fingerprint density at radius 1 is 1.13 bits per heavy atom. The zero-order valence-corrected chi connectivity index (χ0v) is 21.5. The number of nitrogen functional groups attached to an aromatic ring is 1. The second-order valence-electron chi connectivity index (χ2n) is 10.1. The normalized spacial score (nSPS) is 22.2. The van der Waals surface area contributed by atoms with Gasteiger partial charge in [0, 0.05) is 19.0 Å². The van der Waals surface area contributed by atoms with Crippen LogP contribution in [0.3, 0.4) is 0 Å². The van der Waals surface area contributed by atoms with Gasteiger partial charge in [0.15, 0.2) is 17.7 Å². The van der Waals surface area contributed by atoms with E-state index in [1.165, 1.54) is 18.7 Å². The first kappa shape index (κ1) is 27.2. The zero-order valence-electron chi connectivity index (χ0n) is 21.5. The Labute approximate surface area is 221 Å². The third-order valence-electron chi connectivity index (χ3n) is 7.12. The molecule has 0 spiro atoms. The molecule has 4 aromatic rings. The number of nitrogens with zero attached hydrogens (tertiary/aromatic N) is 6. The third-order valence-corrected chi connectivity index (χ3v) is 7.12. The van der Waals surface area contributed by atoms with Crippen molar-refractivity contribution in [2.24, 2.45) is 0 Å². The fraction of sp³-hybridized carbons (Fsp3) is 0.520. The molecule has 1 aromatic carbocycles. The summed E-state index contributed by atoms with van der Waals surface area (Å²) in [6.07, 6.45) is -3.66. The van der Waals surface area contributed by atoms with Gasteiger partial charge in [-0.1, -0.05) is 6.07 Å². The summed E-state index contributed by atoms with van der Waals surface area (Å²) in [5.74, 6) is 0.716. The minimum absolute atomic E-state index is 0.0656. The van der Waals surface area contributed by atoms with Crippen molar-refractivity contribution < 1.29 is 28.1 Å². The van der Waals surface area contributed by atoms with Gasteiger partial charge in [-0.2, -0.15) is 13.2 Å². The minimum atomic E-state index is -4.46. The predicted octanol–water partition coefficient (Wildman–Crippen LogP) is 2.66. The maximum atomic E-state index is 13.3. The molecule has 39 heavy (non-hydrogen) atoms. The molecule has 1 aliphatic rings. The van der Waals surface area contributed by atoms with Crippen LogP contribution in [0.2, 0.25) is 0 Å². The number of benzene rings is 1. The second-order valence-corrected chi connectivity index (χ2v) is 10.1. The molecule has 0 saturated carbocycles. The van der Waals surface area contributed by atoms with Crippen molar-refractivity contribution >= 4 is 28.0 Å². The van der Waals surface area contributed by atoms with Gasteiger partial charge in [0.2, 0.25) is 0 Å². The van der Waals surface area contributed by atoms with Gasteiger partial charge in [-0.15, -0.1) is 0 Å². The Kier molecular flexibility index (Phi) is 7.46. The number of aliphatic hydroxyl groups excluding tert-OH is 2. The molecular weight excluding hydrogens is 517 g/mol. The Morgan fingerprint density at radius 3 is 2.67 bits per heavy atom. The van der Waals surface area contributed by atoms with Crippen molar-refractivity contribution in [2.75, 3.05) is 18.8 Å². The number of H-pyrrole nitrogens is 1. The van der Waals surface area contributed by atoms with E-state index >= 15 is 0 Å².